The summed E-state index contributed by atoms with van der Waals surface area (Å²) < 4.78 is 0. The van der Waals surface area contributed by atoms with E-state index < -0.39 is 0 Å². The molecule has 1 rings (SSSR count). The molecule has 1 fully saturated rings. The SMILES string of the molecule is OC1CCCCC1P. The third kappa shape index (κ3) is 1.43. The highest BCUT2D eigenvalue weighted by Gasteiger charge is 2.17. The molecule has 2 heteroatoms. The molecule has 0 bridgehead atoms. The van der Waals surface area contributed by atoms with E-state index in [4.69, 9.17) is 5.11 Å². The fourth-order valence-corrected chi connectivity index (χ4v) is 1.57. The van der Waals surface area contributed by atoms with Gasteiger partial charge in [0.15, 0.2) is 0 Å². The van der Waals surface area contributed by atoms with Gasteiger partial charge in [0, 0.05) is 0 Å². The summed E-state index contributed by atoms with van der Waals surface area (Å²) in [6, 6.07) is 0. The van der Waals surface area contributed by atoms with Gasteiger partial charge in [-0.05, 0) is 18.5 Å². The van der Waals surface area contributed by atoms with E-state index >= 15 is 0 Å². The molecule has 1 saturated carbocycles. The summed E-state index contributed by atoms with van der Waals surface area (Å²) in [5.74, 6) is 0. The highest BCUT2D eigenvalue weighted by atomic mass is 31.0. The molecular formula is C6H13OP. The molecule has 1 nitrogen and oxygen atoms in total. The number of aliphatic hydroxyl groups is 1. The van der Waals surface area contributed by atoms with Crippen LogP contribution >= 0.6 is 9.24 Å². The Labute approximate surface area is 52.7 Å². The zero-order chi connectivity index (χ0) is 5.98. The van der Waals surface area contributed by atoms with Crippen LogP contribution in [0.4, 0.5) is 0 Å². The van der Waals surface area contributed by atoms with E-state index in [9.17, 15) is 0 Å². The Balaban J connectivity index is 2.28. The lowest BCUT2D eigenvalue weighted by Crippen LogP contribution is -2.23. The molecule has 0 radical (unpaired) electrons. The first-order valence-electron chi connectivity index (χ1n) is 3.24. The van der Waals surface area contributed by atoms with Crippen molar-refractivity contribution in [2.75, 3.05) is 0 Å². The standard InChI is InChI=1S/C6H13OP/c7-5-3-1-2-4-6(5)8/h5-7H,1-4,8H2. The molecule has 1 aliphatic rings. The van der Waals surface area contributed by atoms with Crippen LogP contribution < -0.4 is 0 Å². The van der Waals surface area contributed by atoms with Crippen LogP contribution in [0.5, 0.6) is 0 Å². The van der Waals surface area contributed by atoms with Crippen LogP contribution in [-0.2, 0) is 0 Å². The van der Waals surface area contributed by atoms with Crippen molar-refractivity contribution in [1.29, 1.82) is 0 Å². The minimum atomic E-state index is -0.0336. The maximum Gasteiger partial charge on any atom is 0.0602 e. The normalized spacial score (nSPS) is 39.8. The summed E-state index contributed by atoms with van der Waals surface area (Å²) in [6.45, 7) is 0. The molecule has 3 atom stereocenters. The van der Waals surface area contributed by atoms with Crippen LogP contribution in [0.2, 0.25) is 0 Å². The molecule has 0 heterocycles. The van der Waals surface area contributed by atoms with Crippen molar-refractivity contribution in [2.45, 2.75) is 37.4 Å². The Morgan fingerprint density at radius 1 is 1.25 bits per heavy atom. The van der Waals surface area contributed by atoms with E-state index in [0.29, 0.717) is 5.66 Å². The molecule has 1 aliphatic carbocycles. The molecule has 0 aromatic rings. The Morgan fingerprint density at radius 2 is 1.88 bits per heavy atom. The van der Waals surface area contributed by atoms with Crippen LogP contribution in [0.3, 0.4) is 0 Å². The number of rotatable bonds is 0. The fourth-order valence-electron chi connectivity index (χ4n) is 1.14. The van der Waals surface area contributed by atoms with Gasteiger partial charge < -0.3 is 5.11 Å². The van der Waals surface area contributed by atoms with Gasteiger partial charge in [-0.1, -0.05) is 12.8 Å². The first kappa shape index (κ1) is 6.51. The highest BCUT2D eigenvalue weighted by Crippen LogP contribution is 2.23. The third-order valence-corrected chi connectivity index (χ3v) is 2.56. The summed E-state index contributed by atoms with van der Waals surface area (Å²) in [4.78, 5) is 0. The van der Waals surface area contributed by atoms with Gasteiger partial charge in [0.2, 0.25) is 0 Å². The van der Waals surface area contributed by atoms with E-state index in [2.05, 4.69) is 9.24 Å². The number of aliphatic hydroxyl groups excluding tert-OH is 1. The Kier molecular flexibility index (Phi) is 2.27. The Hall–Kier alpha value is 0.390. The van der Waals surface area contributed by atoms with Gasteiger partial charge in [-0.2, -0.15) is 0 Å². The fraction of sp³-hybridized carbons (Fsp3) is 1.00. The number of hydrogen-bond donors (Lipinski definition) is 1. The van der Waals surface area contributed by atoms with E-state index in [1.165, 1.54) is 19.3 Å². The molecule has 0 saturated heterocycles. The second kappa shape index (κ2) is 2.80. The summed E-state index contributed by atoms with van der Waals surface area (Å²) in [5, 5.41) is 9.16. The molecule has 1 N–H and O–H groups in total. The molecule has 0 aromatic heterocycles. The van der Waals surface area contributed by atoms with Crippen molar-refractivity contribution in [2.24, 2.45) is 0 Å². The lowest BCUT2D eigenvalue weighted by atomic mass is 9.97. The topological polar surface area (TPSA) is 20.2 Å². The predicted octanol–water partition coefficient (Wildman–Crippen LogP) is 1.16. The van der Waals surface area contributed by atoms with Gasteiger partial charge in [0.25, 0.3) is 0 Å². The van der Waals surface area contributed by atoms with Crippen molar-refractivity contribution in [3.8, 4) is 0 Å². The molecule has 3 unspecified atom stereocenters. The molecule has 0 aliphatic heterocycles. The van der Waals surface area contributed by atoms with E-state index in [-0.39, 0.29) is 6.10 Å². The van der Waals surface area contributed by atoms with Crippen molar-refractivity contribution in [3.05, 3.63) is 0 Å². The molecule has 0 spiro atoms. The monoisotopic (exact) mass is 132 g/mol. The third-order valence-electron chi connectivity index (χ3n) is 1.78. The largest absolute Gasteiger partial charge is 0.392 e. The molecular weight excluding hydrogens is 119 g/mol. The van der Waals surface area contributed by atoms with Crippen LogP contribution in [0.1, 0.15) is 25.7 Å². The molecule has 0 aromatic carbocycles. The van der Waals surface area contributed by atoms with Crippen LogP contribution in [0.15, 0.2) is 0 Å². The van der Waals surface area contributed by atoms with Gasteiger partial charge in [-0.25, -0.2) is 0 Å². The minimum Gasteiger partial charge on any atom is -0.392 e. The second-order valence-electron chi connectivity index (χ2n) is 2.52. The average Bonchev–Trinajstić information content (AvgIpc) is 1.77. The van der Waals surface area contributed by atoms with Crippen molar-refractivity contribution in [1.82, 2.24) is 0 Å². The lowest BCUT2D eigenvalue weighted by Gasteiger charge is -2.23. The zero-order valence-corrected chi connectivity index (χ0v) is 6.16. The maximum atomic E-state index is 9.16. The summed E-state index contributed by atoms with van der Waals surface area (Å²) in [6.07, 6.45) is 4.67. The van der Waals surface area contributed by atoms with Crippen molar-refractivity contribution >= 4 is 9.24 Å². The lowest BCUT2D eigenvalue weighted by molar-refractivity contribution is 0.136. The van der Waals surface area contributed by atoms with Gasteiger partial charge in [0.05, 0.1) is 6.10 Å². The predicted molar refractivity (Wildman–Crippen MR) is 38.0 cm³/mol. The second-order valence-corrected chi connectivity index (χ2v) is 3.37. The Bertz CT molecular complexity index is 64.9. The van der Waals surface area contributed by atoms with Gasteiger partial charge in [-0.15, -0.1) is 9.24 Å². The zero-order valence-electron chi connectivity index (χ0n) is 5.01. The van der Waals surface area contributed by atoms with Crippen LogP contribution in [-0.4, -0.2) is 16.9 Å². The first-order chi connectivity index (χ1) is 3.80. The molecule has 0 amide bonds. The summed E-state index contributed by atoms with van der Waals surface area (Å²) in [5.41, 5.74) is 0.476. The van der Waals surface area contributed by atoms with E-state index in [1.807, 2.05) is 0 Å². The molecule has 48 valence electrons. The first-order valence-corrected chi connectivity index (χ1v) is 3.91. The van der Waals surface area contributed by atoms with Crippen molar-refractivity contribution < 1.29 is 5.11 Å². The Morgan fingerprint density at radius 3 is 2.25 bits per heavy atom. The number of hydrogen-bond acceptors (Lipinski definition) is 1. The van der Waals surface area contributed by atoms with Gasteiger partial charge >= 0.3 is 0 Å². The van der Waals surface area contributed by atoms with Gasteiger partial charge in [0.1, 0.15) is 0 Å². The molecule has 8 heavy (non-hydrogen) atoms. The van der Waals surface area contributed by atoms with Crippen LogP contribution in [0.25, 0.3) is 0 Å². The maximum absolute atomic E-state index is 9.16. The highest BCUT2D eigenvalue weighted by molar-refractivity contribution is 7.17. The summed E-state index contributed by atoms with van der Waals surface area (Å²) >= 11 is 0. The van der Waals surface area contributed by atoms with E-state index in [1.54, 1.807) is 0 Å². The average molecular weight is 132 g/mol. The quantitative estimate of drug-likeness (QED) is 0.490. The van der Waals surface area contributed by atoms with Crippen LogP contribution in [0, 0.1) is 0 Å². The van der Waals surface area contributed by atoms with E-state index in [0.717, 1.165) is 6.42 Å². The minimum absolute atomic E-state index is 0.0336. The summed E-state index contributed by atoms with van der Waals surface area (Å²) in [7, 11) is 2.70. The smallest absolute Gasteiger partial charge is 0.0602 e. The van der Waals surface area contributed by atoms with Crippen molar-refractivity contribution in [3.63, 3.8) is 0 Å². The van der Waals surface area contributed by atoms with Gasteiger partial charge in [-0.3, -0.25) is 0 Å².